The number of nitrogens with zero attached hydrogens (tertiary/aromatic N) is 3. The van der Waals surface area contributed by atoms with Crippen LogP contribution in [0.1, 0.15) is 24.9 Å². The van der Waals surface area contributed by atoms with Crippen molar-refractivity contribution in [3.8, 4) is 0 Å². The van der Waals surface area contributed by atoms with Crippen molar-refractivity contribution in [2.75, 3.05) is 12.9 Å². The molecule has 1 saturated heterocycles. The molecule has 130 valence electrons. The molecule has 0 unspecified atom stereocenters. The van der Waals surface area contributed by atoms with E-state index < -0.39 is 16.9 Å². The minimum absolute atomic E-state index is 0.136. The maximum Gasteiger partial charge on any atom is 0.338 e. The van der Waals surface area contributed by atoms with Crippen molar-refractivity contribution in [2.24, 2.45) is 4.99 Å². The zero-order chi connectivity index (χ0) is 18.1. The number of nitro benzene ring substituents is 1. The summed E-state index contributed by atoms with van der Waals surface area (Å²) in [6, 6.07) is 5.16. The second kappa shape index (κ2) is 6.67. The Morgan fingerprint density at radius 2 is 2.16 bits per heavy atom. The highest BCUT2D eigenvalue weighted by Gasteiger charge is 2.43. The van der Waals surface area contributed by atoms with Crippen molar-refractivity contribution in [1.82, 2.24) is 4.90 Å². The molecular formula is C16H15N3O5S. The van der Waals surface area contributed by atoms with Crippen molar-refractivity contribution in [3.63, 3.8) is 0 Å². The van der Waals surface area contributed by atoms with E-state index in [2.05, 4.69) is 4.99 Å². The number of rotatable bonds is 3. The van der Waals surface area contributed by atoms with Crippen molar-refractivity contribution in [1.29, 1.82) is 0 Å². The number of hydrogen-bond donors (Lipinski definition) is 0. The van der Waals surface area contributed by atoms with Crippen LogP contribution >= 0.6 is 11.8 Å². The molecule has 2 heterocycles. The summed E-state index contributed by atoms with van der Waals surface area (Å²) in [5.74, 6) is -0.306. The van der Waals surface area contributed by atoms with Crippen LogP contribution in [0.5, 0.6) is 0 Å². The predicted molar refractivity (Wildman–Crippen MR) is 91.9 cm³/mol. The van der Waals surface area contributed by atoms with Crippen molar-refractivity contribution >= 4 is 34.5 Å². The highest BCUT2D eigenvalue weighted by atomic mass is 32.2. The van der Waals surface area contributed by atoms with Crippen LogP contribution in [-0.4, -0.2) is 39.7 Å². The van der Waals surface area contributed by atoms with Crippen molar-refractivity contribution in [3.05, 3.63) is 51.2 Å². The van der Waals surface area contributed by atoms with E-state index in [1.54, 1.807) is 25.1 Å². The van der Waals surface area contributed by atoms with Gasteiger partial charge in [-0.05, 0) is 13.0 Å². The number of carbonyl (C=O) groups is 2. The van der Waals surface area contributed by atoms with E-state index in [1.807, 2.05) is 0 Å². The summed E-state index contributed by atoms with van der Waals surface area (Å²) in [7, 11) is 1.23. The van der Waals surface area contributed by atoms with Gasteiger partial charge in [-0.15, -0.1) is 0 Å². The molecule has 0 aliphatic carbocycles. The van der Waals surface area contributed by atoms with Crippen LogP contribution in [0, 0.1) is 10.1 Å². The molecule has 2 aliphatic rings. The number of fused-ring (bicyclic) bond motifs is 1. The lowest BCUT2D eigenvalue weighted by molar-refractivity contribution is -0.385. The number of amidine groups is 1. The van der Waals surface area contributed by atoms with Crippen molar-refractivity contribution < 1.29 is 19.2 Å². The topological polar surface area (TPSA) is 102 Å². The molecule has 8 nitrogen and oxygen atoms in total. The molecule has 1 atom stereocenters. The number of carbonyl (C=O) groups excluding carboxylic acids is 2. The second-order valence-electron chi connectivity index (χ2n) is 5.47. The van der Waals surface area contributed by atoms with Gasteiger partial charge in [-0.3, -0.25) is 19.8 Å². The SMILES string of the molecule is COC(=O)C1=C(C)N=C2SCCC(=O)N2[C@H]1c1ccccc1[N+](=O)[O-]. The Morgan fingerprint density at radius 3 is 2.84 bits per heavy atom. The van der Waals surface area contributed by atoms with Crippen LogP contribution in [0.4, 0.5) is 5.69 Å². The number of nitro groups is 1. The van der Waals surface area contributed by atoms with E-state index in [-0.39, 0.29) is 29.2 Å². The third-order valence-corrected chi connectivity index (χ3v) is 4.99. The molecule has 0 spiro atoms. The van der Waals surface area contributed by atoms with Gasteiger partial charge in [0.05, 0.1) is 28.9 Å². The molecule has 0 radical (unpaired) electrons. The Hall–Kier alpha value is -2.68. The molecule has 25 heavy (non-hydrogen) atoms. The average molecular weight is 361 g/mol. The smallest absolute Gasteiger partial charge is 0.338 e. The molecule has 2 aliphatic heterocycles. The number of esters is 1. The Bertz CT molecular complexity index is 833. The van der Waals surface area contributed by atoms with Gasteiger partial charge in [0.1, 0.15) is 6.04 Å². The molecule has 1 aromatic carbocycles. The van der Waals surface area contributed by atoms with E-state index in [9.17, 15) is 19.7 Å². The summed E-state index contributed by atoms with van der Waals surface area (Å²) in [5, 5.41) is 11.9. The first-order chi connectivity index (χ1) is 12.0. The predicted octanol–water partition coefficient (Wildman–Crippen LogP) is 2.42. The lowest BCUT2D eigenvalue weighted by atomic mass is 9.93. The molecule has 1 aromatic rings. The molecule has 1 fully saturated rings. The number of allylic oxidation sites excluding steroid dienone is 1. The van der Waals surface area contributed by atoms with Gasteiger partial charge in [0, 0.05) is 18.2 Å². The highest BCUT2D eigenvalue weighted by molar-refractivity contribution is 8.14. The van der Waals surface area contributed by atoms with Gasteiger partial charge in [0.25, 0.3) is 5.69 Å². The fourth-order valence-corrected chi connectivity index (χ4v) is 3.95. The lowest BCUT2D eigenvalue weighted by Crippen LogP contribution is -2.46. The number of hydrogen-bond acceptors (Lipinski definition) is 7. The van der Waals surface area contributed by atoms with E-state index in [4.69, 9.17) is 4.74 Å². The van der Waals surface area contributed by atoms with Crippen LogP contribution in [0.25, 0.3) is 0 Å². The summed E-state index contributed by atoms with van der Waals surface area (Å²) >= 11 is 1.39. The maximum atomic E-state index is 12.5. The number of para-hydroxylation sites is 1. The van der Waals surface area contributed by atoms with Crippen LogP contribution in [-0.2, 0) is 14.3 Å². The molecule has 0 aromatic heterocycles. The standard InChI is InChI=1S/C16H15N3O5S/c1-9-13(15(21)24-2)14(10-5-3-4-6-11(10)19(22)23)18-12(20)7-8-25-16(18)17-9/h3-6,14H,7-8H2,1-2H3/t14-/m0/s1. The van der Waals surface area contributed by atoms with Gasteiger partial charge >= 0.3 is 5.97 Å². The summed E-state index contributed by atoms with van der Waals surface area (Å²) in [5.41, 5.74) is 0.627. The Kier molecular flexibility index (Phi) is 4.58. The number of benzene rings is 1. The minimum atomic E-state index is -0.929. The number of methoxy groups -OCH3 is 1. The average Bonchev–Trinajstić information content (AvgIpc) is 2.60. The molecule has 3 rings (SSSR count). The minimum Gasteiger partial charge on any atom is -0.466 e. The Labute approximate surface area is 147 Å². The van der Waals surface area contributed by atoms with E-state index in [0.717, 1.165) is 0 Å². The molecule has 1 amide bonds. The second-order valence-corrected chi connectivity index (χ2v) is 6.53. The summed E-state index contributed by atoms with van der Waals surface area (Å²) < 4.78 is 4.85. The fourth-order valence-electron chi connectivity index (χ4n) is 2.95. The quantitative estimate of drug-likeness (QED) is 0.465. The van der Waals surface area contributed by atoms with Crippen LogP contribution in [0.3, 0.4) is 0 Å². The van der Waals surface area contributed by atoms with Crippen LogP contribution in [0.15, 0.2) is 40.5 Å². The fraction of sp³-hybridized carbons (Fsp3) is 0.312. The lowest BCUT2D eigenvalue weighted by Gasteiger charge is -2.38. The van der Waals surface area contributed by atoms with Gasteiger partial charge < -0.3 is 4.74 Å². The Balaban J connectivity index is 2.26. The number of ether oxygens (including phenoxy) is 1. The molecular weight excluding hydrogens is 346 g/mol. The first-order valence-corrected chi connectivity index (χ1v) is 8.50. The van der Waals surface area contributed by atoms with Gasteiger partial charge in [0.2, 0.25) is 5.91 Å². The zero-order valence-electron chi connectivity index (χ0n) is 13.6. The zero-order valence-corrected chi connectivity index (χ0v) is 14.4. The molecule has 9 heteroatoms. The normalized spacial score (nSPS) is 20.1. The first kappa shape index (κ1) is 17.2. The maximum absolute atomic E-state index is 12.5. The monoisotopic (exact) mass is 361 g/mol. The number of aliphatic imine (C=N–C) groups is 1. The number of thioether (sulfide) groups is 1. The first-order valence-electron chi connectivity index (χ1n) is 7.51. The Morgan fingerprint density at radius 1 is 1.44 bits per heavy atom. The largest absolute Gasteiger partial charge is 0.466 e. The van der Waals surface area contributed by atoms with Crippen LogP contribution in [0.2, 0.25) is 0 Å². The molecule has 0 bridgehead atoms. The molecule has 0 N–H and O–H groups in total. The van der Waals surface area contributed by atoms with E-state index in [0.29, 0.717) is 16.6 Å². The van der Waals surface area contributed by atoms with Gasteiger partial charge in [-0.2, -0.15) is 0 Å². The summed E-state index contributed by atoms with van der Waals surface area (Å²) in [4.78, 5) is 41.6. The molecule has 0 saturated carbocycles. The van der Waals surface area contributed by atoms with Crippen molar-refractivity contribution in [2.45, 2.75) is 19.4 Å². The van der Waals surface area contributed by atoms with E-state index in [1.165, 1.54) is 29.8 Å². The summed E-state index contributed by atoms with van der Waals surface area (Å²) in [6.07, 6.45) is 0.272. The van der Waals surface area contributed by atoms with Crippen LogP contribution < -0.4 is 0 Å². The third kappa shape index (κ3) is 2.91. The van der Waals surface area contributed by atoms with Gasteiger partial charge in [0.15, 0.2) is 5.17 Å². The van der Waals surface area contributed by atoms with Gasteiger partial charge in [-0.1, -0.05) is 23.9 Å². The number of amides is 1. The highest BCUT2D eigenvalue weighted by Crippen LogP contribution is 2.42. The third-order valence-electron chi connectivity index (χ3n) is 4.04. The van der Waals surface area contributed by atoms with Gasteiger partial charge in [-0.25, -0.2) is 9.79 Å². The van der Waals surface area contributed by atoms with E-state index >= 15 is 0 Å². The summed E-state index contributed by atoms with van der Waals surface area (Å²) in [6.45, 7) is 1.64.